The van der Waals surface area contributed by atoms with Crippen molar-refractivity contribution in [1.29, 1.82) is 0 Å². The zero-order valence-corrected chi connectivity index (χ0v) is 13.3. The smallest absolute Gasteiger partial charge is 0.310 e. The summed E-state index contributed by atoms with van der Waals surface area (Å²) in [5.74, 6) is 0.452. The molecule has 126 valence electrons. The van der Waals surface area contributed by atoms with Crippen LogP contribution >= 0.6 is 0 Å². The van der Waals surface area contributed by atoms with Crippen molar-refractivity contribution < 1.29 is 13.2 Å². The van der Waals surface area contributed by atoms with E-state index in [1.54, 1.807) is 25.5 Å². The summed E-state index contributed by atoms with van der Waals surface area (Å²) in [5, 5.41) is 4.74. The fraction of sp³-hybridized carbons (Fsp3) is 0.312. The Labute approximate surface area is 135 Å². The Hall–Kier alpha value is -2.64. The monoisotopic (exact) mass is 336 g/mol. The number of hydrogen-bond acceptors (Lipinski definition) is 3. The van der Waals surface area contributed by atoms with Crippen LogP contribution in [0.25, 0.3) is 11.0 Å². The van der Waals surface area contributed by atoms with Crippen molar-refractivity contribution in [3.8, 4) is 0 Å². The Morgan fingerprint density at radius 2 is 1.79 bits per heavy atom. The van der Waals surface area contributed by atoms with Crippen molar-refractivity contribution in [3.05, 3.63) is 57.3 Å². The van der Waals surface area contributed by atoms with E-state index in [4.69, 9.17) is 0 Å². The van der Waals surface area contributed by atoms with E-state index in [1.807, 2.05) is 0 Å². The molecular formula is C16H15F3N4O. The molecule has 1 atom stereocenters. The molecular weight excluding hydrogens is 321 g/mol. The number of aryl methyl sites for hydroxylation is 2. The summed E-state index contributed by atoms with van der Waals surface area (Å²) in [6.07, 6.45) is -4.37. The van der Waals surface area contributed by atoms with Crippen LogP contribution in [-0.4, -0.2) is 19.7 Å². The van der Waals surface area contributed by atoms with Crippen LogP contribution in [0.4, 0.5) is 13.2 Å². The standard InChI is InChI=1S/C16H15F3N4O/c1-8-13-14(20-10(3)21-15(13)24)23(22-8)9(2)11-4-6-12(7-5-11)16(17,18)19/h4-7,9H,1-3H3,(H,20,21,24). The molecule has 0 radical (unpaired) electrons. The number of hydrogen-bond donors (Lipinski definition) is 1. The van der Waals surface area contributed by atoms with Crippen LogP contribution in [0, 0.1) is 13.8 Å². The van der Waals surface area contributed by atoms with Crippen LogP contribution in [0.2, 0.25) is 0 Å². The van der Waals surface area contributed by atoms with Gasteiger partial charge in [0.1, 0.15) is 11.2 Å². The summed E-state index contributed by atoms with van der Waals surface area (Å²) in [6, 6.07) is 4.54. The number of benzene rings is 1. The minimum atomic E-state index is -4.37. The van der Waals surface area contributed by atoms with Gasteiger partial charge in [-0.3, -0.25) is 4.79 Å². The molecule has 0 aliphatic rings. The number of nitrogens with one attached hydrogen (secondary N) is 1. The SMILES string of the molecule is Cc1nc2c(c(C)nn2C(C)c2ccc(C(F)(F)F)cc2)c(=O)[nH]1. The number of aromatic nitrogens is 4. The van der Waals surface area contributed by atoms with Gasteiger partial charge in [-0.2, -0.15) is 18.3 Å². The van der Waals surface area contributed by atoms with E-state index in [-0.39, 0.29) is 11.6 Å². The molecule has 1 unspecified atom stereocenters. The molecule has 0 saturated heterocycles. The van der Waals surface area contributed by atoms with Crippen molar-refractivity contribution in [2.24, 2.45) is 0 Å². The third-order valence-corrected chi connectivity index (χ3v) is 3.94. The van der Waals surface area contributed by atoms with Gasteiger partial charge < -0.3 is 4.98 Å². The molecule has 3 aromatic rings. The number of nitrogens with zero attached hydrogens (tertiary/aromatic N) is 3. The fourth-order valence-corrected chi connectivity index (χ4v) is 2.68. The van der Waals surface area contributed by atoms with E-state index in [0.717, 1.165) is 12.1 Å². The van der Waals surface area contributed by atoms with Crippen LogP contribution in [0.15, 0.2) is 29.1 Å². The lowest BCUT2D eigenvalue weighted by atomic mass is 10.1. The maximum absolute atomic E-state index is 12.7. The second kappa shape index (κ2) is 5.47. The summed E-state index contributed by atoms with van der Waals surface area (Å²) in [5.41, 5.74) is 0.608. The van der Waals surface area contributed by atoms with Crippen molar-refractivity contribution in [1.82, 2.24) is 19.7 Å². The van der Waals surface area contributed by atoms with Gasteiger partial charge in [0, 0.05) is 0 Å². The van der Waals surface area contributed by atoms with Crippen molar-refractivity contribution >= 4 is 11.0 Å². The maximum Gasteiger partial charge on any atom is 0.416 e. The predicted molar refractivity (Wildman–Crippen MR) is 82.9 cm³/mol. The van der Waals surface area contributed by atoms with E-state index in [2.05, 4.69) is 15.1 Å². The van der Waals surface area contributed by atoms with Gasteiger partial charge in [0.25, 0.3) is 5.56 Å². The third kappa shape index (κ3) is 2.68. The lowest BCUT2D eigenvalue weighted by Gasteiger charge is -2.15. The van der Waals surface area contributed by atoms with Crippen molar-refractivity contribution in [2.45, 2.75) is 33.0 Å². The highest BCUT2D eigenvalue weighted by molar-refractivity contribution is 5.77. The molecule has 0 amide bonds. The first-order chi connectivity index (χ1) is 11.2. The highest BCUT2D eigenvalue weighted by atomic mass is 19.4. The Morgan fingerprint density at radius 3 is 2.38 bits per heavy atom. The first-order valence-corrected chi connectivity index (χ1v) is 7.31. The van der Waals surface area contributed by atoms with Gasteiger partial charge >= 0.3 is 6.18 Å². The molecule has 3 rings (SSSR count). The normalized spacial score (nSPS) is 13.4. The molecule has 2 aromatic heterocycles. The molecule has 1 N–H and O–H groups in total. The van der Waals surface area contributed by atoms with E-state index >= 15 is 0 Å². The van der Waals surface area contributed by atoms with Gasteiger partial charge in [-0.1, -0.05) is 12.1 Å². The number of fused-ring (bicyclic) bond motifs is 1. The average Bonchev–Trinajstić information content (AvgIpc) is 2.82. The molecule has 0 aliphatic heterocycles. The van der Waals surface area contributed by atoms with Crippen LogP contribution in [0.5, 0.6) is 0 Å². The zero-order valence-electron chi connectivity index (χ0n) is 13.3. The average molecular weight is 336 g/mol. The van der Waals surface area contributed by atoms with Crippen LogP contribution in [0.1, 0.15) is 35.6 Å². The van der Waals surface area contributed by atoms with Crippen LogP contribution in [-0.2, 0) is 6.18 Å². The summed E-state index contributed by atoms with van der Waals surface area (Å²) >= 11 is 0. The summed E-state index contributed by atoms with van der Waals surface area (Å²) in [7, 11) is 0. The Kier molecular flexibility index (Phi) is 3.70. The fourth-order valence-electron chi connectivity index (χ4n) is 2.68. The second-order valence-electron chi connectivity index (χ2n) is 5.68. The molecule has 5 nitrogen and oxygen atoms in total. The molecule has 0 aliphatic carbocycles. The van der Waals surface area contributed by atoms with Gasteiger partial charge in [-0.15, -0.1) is 0 Å². The van der Waals surface area contributed by atoms with E-state index in [9.17, 15) is 18.0 Å². The largest absolute Gasteiger partial charge is 0.416 e. The first-order valence-electron chi connectivity index (χ1n) is 7.31. The zero-order chi connectivity index (χ0) is 17.6. The van der Waals surface area contributed by atoms with Crippen molar-refractivity contribution in [3.63, 3.8) is 0 Å². The molecule has 1 aromatic carbocycles. The topological polar surface area (TPSA) is 63.6 Å². The van der Waals surface area contributed by atoms with Gasteiger partial charge in [0.05, 0.1) is 17.3 Å². The van der Waals surface area contributed by atoms with Gasteiger partial charge in [-0.25, -0.2) is 9.67 Å². The predicted octanol–water partition coefficient (Wildman–Crippen LogP) is 3.36. The summed E-state index contributed by atoms with van der Waals surface area (Å²) < 4.78 is 39.6. The summed E-state index contributed by atoms with van der Waals surface area (Å²) in [4.78, 5) is 19.0. The van der Waals surface area contributed by atoms with Crippen molar-refractivity contribution in [2.75, 3.05) is 0 Å². The number of halogens is 3. The van der Waals surface area contributed by atoms with Crippen LogP contribution < -0.4 is 5.56 Å². The van der Waals surface area contributed by atoms with E-state index < -0.39 is 11.7 Å². The van der Waals surface area contributed by atoms with E-state index in [1.165, 1.54) is 12.1 Å². The van der Waals surface area contributed by atoms with E-state index in [0.29, 0.717) is 28.1 Å². The lowest BCUT2D eigenvalue weighted by Crippen LogP contribution is -2.13. The van der Waals surface area contributed by atoms with Gasteiger partial charge in [0.15, 0.2) is 5.65 Å². The first kappa shape index (κ1) is 16.2. The third-order valence-electron chi connectivity index (χ3n) is 3.94. The quantitative estimate of drug-likeness (QED) is 0.780. The van der Waals surface area contributed by atoms with Gasteiger partial charge in [0.2, 0.25) is 0 Å². The number of rotatable bonds is 2. The molecule has 2 heterocycles. The van der Waals surface area contributed by atoms with Gasteiger partial charge in [-0.05, 0) is 38.5 Å². The lowest BCUT2D eigenvalue weighted by molar-refractivity contribution is -0.137. The van der Waals surface area contributed by atoms with Crippen LogP contribution in [0.3, 0.4) is 0 Å². The highest BCUT2D eigenvalue weighted by Crippen LogP contribution is 2.30. The Balaban J connectivity index is 2.09. The summed E-state index contributed by atoms with van der Waals surface area (Å²) in [6.45, 7) is 5.16. The molecule has 24 heavy (non-hydrogen) atoms. The number of H-pyrrole nitrogens is 1. The molecule has 0 saturated carbocycles. The maximum atomic E-state index is 12.7. The Morgan fingerprint density at radius 1 is 1.17 bits per heavy atom. The molecule has 8 heteroatoms. The number of aromatic amines is 1. The minimum Gasteiger partial charge on any atom is -0.310 e. The highest BCUT2D eigenvalue weighted by Gasteiger charge is 2.30. The molecule has 0 fully saturated rings. The number of alkyl halides is 3. The molecule has 0 spiro atoms. The Bertz CT molecular complexity index is 954. The second-order valence-corrected chi connectivity index (χ2v) is 5.68. The molecule has 0 bridgehead atoms. The minimum absolute atomic E-state index is 0.277.